The number of nitrogens with zero attached hydrogens (tertiary/aromatic N) is 3. The smallest absolute Gasteiger partial charge is 0.274 e. The van der Waals surface area contributed by atoms with Gasteiger partial charge in [-0.25, -0.2) is 18.5 Å². The molecule has 0 aliphatic heterocycles. The topological polar surface area (TPSA) is 47.4 Å². The van der Waals surface area contributed by atoms with Gasteiger partial charge in [0, 0.05) is 13.1 Å². The molecule has 0 atom stereocenters. The van der Waals surface area contributed by atoms with Crippen molar-refractivity contribution in [2.24, 2.45) is 0 Å². The molecule has 3 rings (SSSR count). The van der Waals surface area contributed by atoms with Crippen LogP contribution in [-0.4, -0.2) is 34.9 Å². The number of thiophene rings is 1. The van der Waals surface area contributed by atoms with E-state index in [0.29, 0.717) is 5.69 Å². The van der Waals surface area contributed by atoms with Gasteiger partial charge in [-0.2, -0.15) is 5.10 Å². The number of hydrogen-bond donors (Lipinski definition) is 0. The van der Waals surface area contributed by atoms with Crippen LogP contribution >= 0.6 is 11.3 Å². The summed E-state index contributed by atoms with van der Waals surface area (Å²) < 4.78 is 28.6. The highest BCUT2D eigenvalue weighted by Crippen LogP contribution is 2.29. The molecule has 0 saturated heterocycles. The Morgan fingerprint density at radius 3 is 2.71 bits per heavy atom. The fraction of sp³-hybridized carbons (Fsp3) is 0.125. The third-order valence-electron chi connectivity index (χ3n) is 3.40. The lowest BCUT2D eigenvalue weighted by Crippen LogP contribution is -2.25. The lowest BCUT2D eigenvalue weighted by molar-refractivity contribution is -0.0760. The van der Waals surface area contributed by atoms with Crippen LogP contribution in [0.15, 0.2) is 41.8 Å². The number of halogens is 2. The first-order valence-corrected chi connectivity index (χ1v) is 7.80. The number of carbonyl (C=O) groups excluding carboxylic acids is 1. The average molecular weight is 349 g/mol. The summed E-state index contributed by atoms with van der Waals surface area (Å²) in [4.78, 5) is 17.9. The first kappa shape index (κ1) is 16.3. The normalized spacial score (nSPS) is 10.8. The Kier molecular flexibility index (Phi) is 4.41. The maximum Gasteiger partial charge on any atom is 0.297 e. The van der Waals surface area contributed by atoms with E-state index in [-0.39, 0.29) is 11.4 Å². The van der Waals surface area contributed by atoms with Gasteiger partial charge < -0.3 is 0 Å². The van der Waals surface area contributed by atoms with Gasteiger partial charge in [-0.15, -0.1) is 11.3 Å². The van der Waals surface area contributed by atoms with E-state index >= 15 is 0 Å². The molecule has 24 heavy (non-hydrogen) atoms. The minimum Gasteiger partial charge on any atom is -0.274 e. The Labute approximate surface area is 140 Å². The summed E-state index contributed by atoms with van der Waals surface area (Å²) in [5.74, 6) is -1.93. The number of benzene rings is 1. The number of amides is 1. The maximum atomic E-state index is 14.2. The molecule has 0 saturated carbocycles. The van der Waals surface area contributed by atoms with Crippen LogP contribution in [0, 0.1) is 11.6 Å². The molecular weight excluding hydrogens is 336 g/mol. The van der Waals surface area contributed by atoms with E-state index < -0.39 is 17.5 Å². The van der Waals surface area contributed by atoms with Gasteiger partial charge in [-0.3, -0.25) is 9.63 Å². The fourth-order valence-corrected chi connectivity index (χ4v) is 2.89. The summed E-state index contributed by atoms with van der Waals surface area (Å²) in [6, 6.07) is 8.41. The zero-order valence-corrected chi connectivity index (χ0v) is 13.7. The Morgan fingerprint density at radius 1 is 1.29 bits per heavy atom. The van der Waals surface area contributed by atoms with Gasteiger partial charge in [0.05, 0.1) is 17.7 Å². The maximum absolute atomic E-state index is 14.2. The number of hydrogen-bond acceptors (Lipinski definition) is 4. The van der Waals surface area contributed by atoms with E-state index in [9.17, 15) is 13.6 Å². The van der Waals surface area contributed by atoms with Crippen molar-refractivity contribution in [1.82, 2.24) is 14.8 Å². The summed E-state index contributed by atoms with van der Waals surface area (Å²) in [5.41, 5.74) is 0.675. The molecule has 0 fully saturated rings. The molecule has 0 bridgehead atoms. The monoisotopic (exact) mass is 349 g/mol. The molecule has 124 valence electrons. The Balaban J connectivity index is 2.16. The Morgan fingerprint density at radius 2 is 2.08 bits per heavy atom. The number of aromatic nitrogens is 2. The molecule has 0 aliphatic carbocycles. The van der Waals surface area contributed by atoms with Crippen LogP contribution in [0.5, 0.6) is 0 Å². The van der Waals surface area contributed by atoms with Gasteiger partial charge in [0.25, 0.3) is 5.91 Å². The molecule has 0 aliphatic rings. The van der Waals surface area contributed by atoms with Crippen LogP contribution in [0.2, 0.25) is 0 Å². The molecule has 2 heterocycles. The minimum atomic E-state index is -0.769. The third kappa shape index (κ3) is 2.93. The summed E-state index contributed by atoms with van der Waals surface area (Å²) in [6.07, 6.45) is 0. The number of carbonyl (C=O) groups is 1. The summed E-state index contributed by atoms with van der Waals surface area (Å²) in [7, 11) is 2.80. The lowest BCUT2D eigenvalue weighted by atomic mass is 10.2. The van der Waals surface area contributed by atoms with E-state index in [2.05, 4.69) is 5.10 Å². The fourth-order valence-electron chi connectivity index (χ4n) is 2.17. The van der Waals surface area contributed by atoms with Crippen LogP contribution in [0.1, 0.15) is 10.5 Å². The zero-order chi connectivity index (χ0) is 17.3. The lowest BCUT2D eigenvalue weighted by Gasteiger charge is -2.11. The molecule has 5 nitrogen and oxygen atoms in total. The highest BCUT2D eigenvalue weighted by Gasteiger charge is 2.21. The molecular formula is C16H13F2N3O2S. The Bertz CT molecular complexity index is 878. The third-order valence-corrected chi connectivity index (χ3v) is 4.29. The minimum absolute atomic E-state index is 0.0546. The molecule has 8 heteroatoms. The van der Waals surface area contributed by atoms with Crippen LogP contribution in [0.4, 0.5) is 8.78 Å². The van der Waals surface area contributed by atoms with Crippen LogP contribution in [-0.2, 0) is 4.84 Å². The van der Waals surface area contributed by atoms with Crippen LogP contribution in [0.25, 0.3) is 16.3 Å². The average Bonchev–Trinajstić information content (AvgIpc) is 3.22. The molecule has 0 radical (unpaired) electrons. The van der Waals surface area contributed by atoms with Gasteiger partial charge in [0.1, 0.15) is 11.5 Å². The molecule has 1 aromatic carbocycles. The van der Waals surface area contributed by atoms with Crippen molar-refractivity contribution in [3.63, 3.8) is 0 Å². The molecule has 0 spiro atoms. The molecule has 0 N–H and O–H groups in total. The number of rotatable bonds is 4. The molecule has 0 unspecified atom stereocenters. The molecule has 1 amide bonds. The Hall–Kier alpha value is -2.58. The van der Waals surface area contributed by atoms with Crippen molar-refractivity contribution >= 4 is 17.2 Å². The molecule has 2 aromatic heterocycles. The highest BCUT2D eigenvalue weighted by molar-refractivity contribution is 7.13. The van der Waals surface area contributed by atoms with Gasteiger partial charge in [0.15, 0.2) is 11.5 Å². The van der Waals surface area contributed by atoms with Gasteiger partial charge in [0.2, 0.25) is 0 Å². The van der Waals surface area contributed by atoms with Gasteiger partial charge >= 0.3 is 0 Å². The first-order valence-electron chi connectivity index (χ1n) is 6.93. The SMILES string of the molecule is CON(C)C(=O)c1cc(-c2cccs2)n(-c2ccc(F)cc2F)n1. The van der Waals surface area contributed by atoms with Crippen LogP contribution < -0.4 is 0 Å². The van der Waals surface area contributed by atoms with Crippen molar-refractivity contribution in [3.8, 4) is 16.3 Å². The zero-order valence-electron chi connectivity index (χ0n) is 12.9. The predicted octanol–water partition coefficient (Wildman–Crippen LogP) is 3.51. The van der Waals surface area contributed by atoms with Crippen molar-refractivity contribution in [2.45, 2.75) is 0 Å². The van der Waals surface area contributed by atoms with Gasteiger partial charge in [-0.1, -0.05) is 6.07 Å². The van der Waals surface area contributed by atoms with Crippen molar-refractivity contribution < 1.29 is 18.4 Å². The summed E-state index contributed by atoms with van der Waals surface area (Å²) in [5, 5.41) is 7.06. The second-order valence-electron chi connectivity index (χ2n) is 4.88. The summed E-state index contributed by atoms with van der Waals surface area (Å²) in [6.45, 7) is 0. The van der Waals surface area contributed by atoms with Crippen molar-refractivity contribution in [3.05, 3.63) is 59.1 Å². The molecule has 3 aromatic rings. The number of hydroxylamine groups is 2. The van der Waals surface area contributed by atoms with E-state index in [1.165, 1.54) is 36.2 Å². The second-order valence-corrected chi connectivity index (χ2v) is 5.83. The predicted molar refractivity (Wildman–Crippen MR) is 85.9 cm³/mol. The highest BCUT2D eigenvalue weighted by atomic mass is 32.1. The van der Waals surface area contributed by atoms with E-state index in [1.807, 2.05) is 17.5 Å². The van der Waals surface area contributed by atoms with E-state index in [0.717, 1.165) is 22.1 Å². The van der Waals surface area contributed by atoms with E-state index in [4.69, 9.17) is 4.84 Å². The second kappa shape index (κ2) is 6.50. The van der Waals surface area contributed by atoms with E-state index in [1.54, 1.807) is 6.07 Å². The first-order chi connectivity index (χ1) is 11.5. The van der Waals surface area contributed by atoms with Crippen molar-refractivity contribution in [1.29, 1.82) is 0 Å². The van der Waals surface area contributed by atoms with Crippen molar-refractivity contribution in [2.75, 3.05) is 14.2 Å². The van der Waals surface area contributed by atoms with Crippen LogP contribution in [0.3, 0.4) is 0 Å². The summed E-state index contributed by atoms with van der Waals surface area (Å²) >= 11 is 1.42. The van der Waals surface area contributed by atoms with Gasteiger partial charge in [-0.05, 0) is 29.6 Å². The quantitative estimate of drug-likeness (QED) is 0.677. The largest absolute Gasteiger partial charge is 0.297 e. The standard InChI is InChI=1S/C16H13F2N3O2S/c1-20(23-2)16(22)12-9-14(15-4-3-7-24-15)21(19-12)13-6-5-10(17)8-11(13)18/h3-9H,1-2H3.